The summed E-state index contributed by atoms with van der Waals surface area (Å²) in [6.45, 7) is 6.45. The lowest BCUT2D eigenvalue weighted by atomic mass is 9.82. The predicted molar refractivity (Wildman–Crippen MR) is 107 cm³/mol. The van der Waals surface area contributed by atoms with Gasteiger partial charge in [0, 0.05) is 31.7 Å². The van der Waals surface area contributed by atoms with Crippen LogP contribution in [0.15, 0.2) is 35.1 Å². The minimum Gasteiger partial charge on any atom is -0.342 e. The summed E-state index contributed by atoms with van der Waals surface area (Å²) < 4.78 is 1.77. The molecule has 0 radical (unpaired) electrons. The lowest BCUT2D eigenvalue weighted by Crippen LogP contribution is -2.38. The average Bonchev–Trinajstić information content (AvgIpc) is 3.29. The first-order chi connectivity index (χ1) is 13.1. The van der Waals surface area contributed by atoms with Crippen LogP contribution in [0.5, 0.6) is 0 Å². The lowest BCUT2D eigenvalue weighted by Gasteiger charge is -2.28. The number of nitrogens with one attached hydrogen (secondary N) is 1. The molecule has 27 heavy (non-hydrogen) atoms. The molecule has 1 amide bonds. The highest BCUT2D eigenvalue weighted by Crippen LogP contribution is 2.37. The molecular weight excluding hydrogens is 338 g/mol. The third-order valence-corrected chi connectivity index (χ3v) is 6.07. The van der Waals surface area contributed by atoms with Crippen molar-refractivity contribution < 1.29 is 4.79 Å². The highest BCUT2D eigenvalue weighted by molar-refractivity contribution is 5.89. The standard InChI is InChI=1S/C22H27N3O2/c1-3-25-20-14-17(16-9-5-4-6-10-16)15(2)18(13-19(20)23-22(25)27)21(26)24-11-7-8-12-24/h4-6,9-10,14-15,18H,3,7-8,11-13H2,1-2H3,(H,23,27)/t15-,18+/m0/s1. The molecule has 4 rings (SSSR count). The quantitative estimate of drug-likeness (QED) is 0.908. The smallest absolute Gasteiger partial charge is 0.326 e. The molecule has 1 aromatic carbocycles. The summed E-state index contributed by atoms with van der Waals surface area (Å²) in [5.74, 6) is 0.153. The van der Waals surface area contributed by atoms with E-state index in [9.17, 15) is 9.59 Å². The molecular formula is C22H27N3O2. The third kappa shape index (κ3) is 3.15. The number of carbonyl (C=O) groups excluding carboxylic acids is 1. The van der Waals surface area contributed by atoms with Crippen molar-refractivity contribution in [2.75, 3.05) is 13.1 Å². The molecule has 2 aliphatic rings. The summed E-state index contributed by atoms with van der Waals surface area (Å²) in [6, 6.07) is 10.2. The van der Waals surface area contributed by atoms with Gasteiger partial charge in [0.05, 0.1) is 11.6 Å². The SMILES string of the molecule is CCn1c2c([nH]c1=O)C[C@@H](C(=O)N1CCCC1)[C@@H](C)C(c1ccccc1)=C2. The fraction of sp³-hybridized carbons (Fsp3) is 0.455. The maximum atomic E-state index is 13.3. The monoisotopic (exact) mass is 365 g/mol. The number of amides is 1. The van der Waals surface area contributed by atoms with Crippen molar-refractivity contribution in [3.63, 3.8) is 0 Å². The van der Waals surface area contributed by atoms with E-state index in [0.717, 1.165) is 48.5 Å². The van der Waals surface area contributed by atoms with Gasteiger partial charge in [0.1, 0.15) is 0 Å². The minimum atomic E-state index is -0.154. The van der Waals surface area contributed by atoms with E-state index in [2.05, 4.69) is 30.1 Å². The van der Waals surface area contributed by atoms with Crippen LogP contribution in [0.25, 0.3) is 11.6 Å². The zero-order chi connectivity index (χ0) is 19.0. The molecule has 2 aromatic rings. The van der Waals surface area contributed by atoms with Crippen LogP contribution in [-0.2, 0) is 17.8 Å². The Bertz CT molecular complexity index is 917. The molecule has 2 atom stereocenters. The number of aromatic nitrogens is 2. The van der Waals surface area contributed by atoms with Crippen LogP contribution in [0, 0.1) is 11.8 Å². The van der Waals surface area contributed by atoms with Crippen molar-refractivity contribution >= 4 is 17.6 Å². The molecule has 1 aliphatic heterocycles. The van der Waals surface area contributed by atoms with Crippen molar-refractivity contribution in [3.05, 3.63) is 57.8 Å². The fourth-order valence-electron chi connectivity index (χ4n) is 4.51. The molecule has 0 saturated carbocycles. The molecule has 2 heterocycles. The van der Waals surface area contributed by atoms with Crippen LogP contribution in [0.4, 0.5) is 0 Å². The number of nitrogens with zero attached hydrogens (tertiary/aromatic N) is 2. The van der Waals surface area contributed by atoms with Gasteiger partial charge in [0.15, 0.2) is 0 Å². The van der Waals surface area contributed by atoms with E-state index in [0.29, 0.717) is 13.0 Å². The number of rotatable bonds is 3. The van der Waals surface area contributed by atoms with Crippen LogP contribution >= 0.6 is 0 Å². The topological polar surface area (TPSA) is 58.1 Å². The van der Waals surface area contributed by atoms with Crippen LogP contribution in [0.2, 0.25) is 0 Å². The van der Waals surface area contributed by atoms with Gasteiger partial charge in [0.2, 0.25) is 5.91 Å². The zero-order valence-electron chi connectivity index (χ0n) is 16.1. The van der Waals surface area contributed by atoms with E-state index in [-0.39, 0.29) is 23.4 Å². The lowest BCUT2D eigenvalue weighted by molar-refractivity contribution is -0.135. The second-order valence-electron chi connectivity index (χ2n) is 7.64. The fourth-order valence-corrected chi connectivity index (χ4v) is 4.51. The normalized spacial score (nSPS) is 22.3. The van der Waals surface area contributed by atoms with Gasteiger partial charge in [-0.15, -0.1) is 0 Å². The second kappa shape index (κ2) is 7.22. The first kappa shape index (κ1) is 17.8. The van der Waals surface area contributed by atoms with Gasteiger partial charge in [-0.25, -0.2) is 4.79 Å². The number of aromatic amines is 1. The maximum absolute atomic E-state index is 13.3. The van der Waals surface area contributed by atoms with Gasteiger partial charge in [-0.2, -0.15) is 0 Å². The first-order valence-electron chi connectivity index (χ1n) is 9.97. The molecule has 1 saturated heterocycles. The molecule has 0 unspecified atom stereocenters. The number of imidazole rings is 1. The van der Waals surface area contributed by atoms with Crippen LogP contribution in [0.1, 0.15) is 43.6 Å². The Balaban J connectivity index is 1.83. The van der Waals surface area contributed by atoms with Crippen molar-refractivity contribution in [1.29, 1.82) is 0 Å². The summed E-state index contributed by atoms with van der Waals surface area (Å²) >= 11 is 0. The summed E-state index contributed by atoms with van der Waals surface area (Å²) in [5.41, 5.74) is 3.97. The highest BCUT2D eigenvalue weighted by Gasteiger charge is 2.36. The number of allylic oxidation sites excluding steroid dienone is 1. The van der Waals surface area contributed by atoms with Crippen LogP contribution in [0.3, 0.4) is 0 Å². The van der Waals surface area contributed by atoms with E-state index >= 15 is 0 Å². The largest absolute Gasteiger partial charge is 0.342 e. The molecule has 1 aromatic heterocycles. The molecule has 1 aliphatic carbocycles. The Labute approximate surface area is 159 Å². The highest BCUT2D eigenvalue weighted by atomic mass is 16.2. The summed E-state index contributed by atoms with van der Waals surface area (Å²) in [7, 11) is 0. The summed E-state index contributed by atoms with van der Waals surface area (Å²) in [6.07, 6.45) is 4.87. The Morgan fingerprint density at radius 3 is 2.56 bits per heavy atom. The van der Waals surface area contributed by atoms with Gasteiger partial charge in [0.25, 0.3) is 0 Å². The molecule has 1 N–H and O–H groups in total. The molecule has 0 spiro atoms. The number of likely N-dealkylation sites (tertiary alicyclic amines) is 1. The summed E-state index contributed by atoms with van der Waals surface area (Å²) in [4.78, 5) is 30.7. The maximum Gasteiger partial charge on any atom is 0.326 e. The Hall–Kier alpha value is -2.56. The van der Waals surface area contributed by atoms with Gasteiger partial charge in [-0.1, -0.05) is 37.3 Å². The molecule has 1 fully saturated rings. The molecule has 0 bridgehead atoms. The Kier molecular flexibility index (Phi) is 4.77. The average molecular weight is 365 g/mol. The third-order valence-electron chi connectivity index (χ3n) is 6.07. The van der Waals surface area contributed by atoms with Crippen LogP contribution < -0.4 is 5.69 Å². The minimum absolute atomic E-state index is 0.0849. The number of carbonyl (C=O) groups is 1. The van der Waals surface area contributed by atoms with Crippen LogP contribution in [-0.4, -0.2) is 33.4 Å². The zero-order valence-corrected chi connectivity index (χ0v) is 16.1. The van der Waals surface area contributed by atoms with Gasteiger partial charge >= 0.3 is 5.69 Å². The predicted octanol–water partition coefficient (Wildman–Crippen LogP) is 3.17. The second-order valence-corrected chi connectivity index (χ2v) is 7.64. The number of fused-ring (bicyclic) bond motifs is 1. The van der Waals surface area contributed by atoms with Crippen molar-refractivity contribution in [3.8, 4) is 0 Å². The van der Waals surface area contributed by atoms with Gasteiger partial charge in [-0.05, 0) is 42.9 Å². The Morgan fingerprint density at radius 2 is 1.89 bits per heavy atom. The number of hydrogen-bond donors (Lipinski definition) is 1. The van der Waals surface area contributed by atoms with E-state index < -0.39 is 0 Å². The van der Waals surface area contributed by atoms with E-state index in [4.69, 9.17) is 0 Å². The number of H-pyrrole nitrogens is 1. The van der Waals surface area contributed by atoms with Gasteiger partial charge in [-0.3, -0.25) is 9.36 Å². The van der Waals surface area contributed by atoms with E-state index in [1.807, 2.05) is 30.0 Å². The molecule has 5 heteroatoms. The van der Waals surface area contributed by atoms with E-state index in [1.54, 1.807) is 4.57 Å². The van der Waals surface area contributed by atoms with Crippen molar-refractivity contribution in [2.45, 2.75) is 39.7 Å². The Morgan fingerprint density at radius 1 is 1.19 bits per heavy atom. The number of benzene rings is 1. The van der Waals surface area contributed by atoms with E-state index in [1.165, 1.54) is 0 Å². The molecule has 5 nitrogen and oxygen atoms in total. The van der Waals surface area contributed by atoms with Crippen molar-refractivity contribution in [2.24, 2.45) is 11.8 Å². The molecule has 142 valence electrons. The summed E-state index contributed by atoms with van der Waals surface area (Å²) in [5, 5.41) is 0. The van der Waals surface area contributed by atoms with Crippen molar-refractivity contribution in [1.82, 2.24) is 14.5 Å². The van der Waals surface area contributed by atoms with Gasteiger partial charge < -0.3 is 9.88 Å². The first-order valence-corrected chi connectivity index (χ1v) is 9.97. The number of hydrogen-bond acceptors (Lipinski definition) is 2.